The molecule has 0 aliphatic carbocycles. The van der Waals surface area contributed by atoms with Crippen molar-refractivity contribution in [2.24, 2.45) is 5.92 Å². The van der Waals surface area contributed by atoms with Crippen LogP contribution in [-0.4, -0.2) is 35.2 Å². The van der Waals surface area contributed by atoms with Gasteiger partial charge in [0.2, 0.25) is 11.0 Å². The van der Waals surface area contributed by atoms with Crippen molar-refractivity contribution < 1.29 is 14.3 Å². The van der Waals surface area contributed by atoms with Crippen LogP contribution in [0.4, 0.5) is 5.13 Å². The molecule has 7 nitrogen and oxygen atoms in total. The fraction of sp³-hybridized carbons (Fsp3) is 0.273. The minimum absolute atomic E-state index is 0.0785. The molecular formula is C22H24N4O3S. The van der Waals surface area contributed by atoms with Gasteiger partial charge in [0.15, 0.2) is 0 Å². The Morgan fingerprint density at radius 3 is 2.47 bits per heavy atom. The number of rotatable bonds is 8. The van der Waals surface area contributed by atoms with Gasteiger partial charge in [0.1, 0.15) is 16.8 Å². The highest BCUT2D eigenvalue weighted by atomic mass is 32.1. The van der Waals surface area contributed by atoms with Crippen molar-refractivity contribution in [1.82, 2.24) is 15.5 Å². The highest BCUT2D eigenvalue weighted by Crippen LogP contribution is 2.26. The SMILES string of the molecule is CCC(C)C(NC(=O)c1ccccc1OC)C(=O)Nc1nnc(-c2ccccc2)s1. The Kier molecular flexibility index (Phi) is 7.13. The number of anilines is 1. The Bertz CT molecular complexity index is 1010. The minimum atomic E-state index is -0.725. The number of hydrogen-bond acceptors (Lipinski definition) is 6. The molecule has 0 bridgehead atoms. The number of hydrogen-bond donors (Lipinski definition) is 2. The van der Waals surface area contributed by atoms with Crippen LogP contribution in [0.25, 0.3) is 10.6 Å². The summed E-state index contributed by atoms with van der Waals surface area (Å²) in [5.74, 6) is -0.321. The maximum Gasteiger partial charge on any atom is 0.255 e. The molecule has 0 fully saturated rings. The molecule has 0 radical (unpaired) electrons. The third-order valence-corrected chi connectivity index (χ3v) is 5.70. The van der Waals surface area contributed by atoms with E-state index in [0.29, 0.717) is 21.5 Å². The van der Waals surface area contributed by atoms with Crippen LogP contribution in [0.3, 0.4) is 0 Å². The summed E-state index contributed by atoms with van der Waals surface area (Å²) < 4.78 is 5.26. The van der Waals surface area contributed by atoms with E-state index in [1.165, 1.54) is 18.4 Å². The lowest BCUT2D eigenvalue weighted by molar-refractivity contribution is -0.119. The number of nitrogens with one attached hydrogen (secondary N) is 2. The van der Waals surface area contributed by atoms with Crippen LogP contribution in [0.15, 0.2) is 54.6 Å². The van der Waals surface area contributed by atoms with Gasteiger partial charge in [-0.2, -0.15) is 0 Å². The lowest BCUT2D eigenvalue weighted by Gasteiger charge is -2.23. The lowest BCUT2D eigenvalue weighted by atomic mass is 9.98. The topological polar surface area (TPSA) is 93.2 Å². The third-order valence-electron chi connectivity index (χ3n) is 4.81. The summed E-state index contributed by atoms with van der Waals surface area (Å²) in [6.45, 7) is 3.89. The van der Waals surface area contributed by atoms with Crippen molar-refractivity contribution in [2.75, 3.05) is 12.4 Å². The van der Waals surface area contributed by atoms with Crippen molar-refractivity contribution in [2.45, 2.75) is 26.3 Å². The first-order valence-corrected chi connectivity index (χ1v) is 10.5. The first-order valence-electron chi connectivity index (χ1n) is 9.67. The van der Waals surface area contributed by atoms with Gasteiger partial charge in [-0.15, -0.1) is 10.2 Å². The van der Waals surface area contributed by atoms with Crippen LogP contribution < -0.4 is 15.4 Å². The number of benzene rings is 2. The van der Waals surface area contributed by atoms with Gasteiger partial charge < -0.3 is 10.1 Å². The summed E-state index contributed by atoms with van der Waals surface area (Å²) >= 11 is 1.29. The molecule has 3 aromatic rings. The van der Waals surface area contributed by atoms with Crippen LogP contribution in [-0.2, 0) is 4.79 Å². The van der Waals surface area contributed by atoms with E-state index in [0.717, 1.165) is 12.0 Å². The molecule has 0 aliphatic rings. The highest BCUT2D eigenvalue weighted by molar-refractivity contribution is 7.18. The molecule has 2 aromatic carbocycles. The van der Waals surface area contributed by atoms with E-state index < -0.39 is 6.04 Å². The van der Waals surface area contributed by atoms with Crippen LogP contribution in [0.1, 0.15) is 30.6 Å². The molecule has 0 aliphatic heterocycles. The second-order valence-corrected chi connectivity index (χ2v) is 7.78. The minimum Gasteiger partial charge on any atom is -0.496 e. The van der Waals surface area contributed by atoms with Crippen LogP contribution in [0.5, 0.6) is 5.75 Å². The first kappa shape index (κ1) is 21.4. The van der Waals surface area contributed by atoms with E-state index in [1.807, 2.05) is 44.2 Å². The Balaban J connectivity index is 1.75. The van der Waals surface area contributed by atoms with Crippen LogP contribution >= 0.6 is 11.3 Å². The molecule has 1 aromatic heterocycles. The average Bonchev–Trinajstić information content (AvgIpc) is 3.25. The van der Waals surface area contributed by atoms with Gasteiger partial charge >= 0.3 is 0 Å². The van der Waals surface area contributed by atoms with E-state index in [-0.39, 0.29) is 17.7 Å². The van der Waals surface area contributed by atoms with Crippen molar-refractivity contribution in [3.05, 3.63) is 60.2 Å². The molecule has 2 N–H and O–H groups in total. The summed E-state index contributed by atoms with van der Waals surface area (Å²) in [5.41, 5.74) is 1.31. The largest absolute Gasteiger partial charge is 0.496 e. The maximum absolute atomic E-state index is 13.0. The second kappa shape index (κ2) is 9.98. The van der Waals surface area contributed by atoms with Gasteiger partial charge in [0.25, 0.3) is 5.91 Å². The smallest absolute Gasteiger partial charge is 0.255 e. The predicted molar refractivity (Wildman–Crippen MR) is 118 cm³/mol. The number of carbonyl (C=O) groups is 2. The number of para-hydroxylation sites is 1. The standard InChI is InChI=1S/C22H24N4O3S/c1-4-14(2)18(23-19(27)16-12-8-9-13-17(16)29-3)20(28)24-22-26-25-21(30-22)15-10-6-5-7-11-15/h5-14,18H,4H2,1-3H3,(H,23,27)(H,24,26,28). The fourth-order valence-electron chi connectivity index (χ4n) is 2.91. The molecule has 0 spiro atoms. The van der Waals surface area contributed by atoms with E-state index in [4.69, 9.17) is 4.74 Å². The number of aromatic nitrogens is 2. The highest BCUT2D eigenvalue weighted by Gasteiger charge is 2.28. The zero-order valence-corrected chi connectivity index (χ0v) is 17.9. The van der Waals surface area contributed by atoms with E-state index in [1.54, 1.807) is 24.3 Å². The van der Waals surface area contributed by atoms with Gasteiger partial charge in [-0.25, -0.2) is 0 Å². The molecule has 8 heteroatoms. The Labute approximate surface area is 179 Å². The average molecular weight is 425 g/mol. The molecule has 2 atom stereocenters. The van der Waals surface area contributed by atoms with Gasteiger partial charge in [-0.1, -0.05) is 74.1 Å². The Morgan fingerprint density at radius 2 is 1.77 bits per heavy atom. The Morgan fingerprint density at radius 1 is 1.07 bits per heavy atom. The molecule has 2 amide bonds. The van der Waals surface area contributed by atoms with Crippen molar-refractivity contribution in [3.63, 3.8) is 0 Å². The maximum atomic E-state index is 13.0. The van der Waals surface area contributed by atoms with Crippen LogP contribution in [0.2, 0.25) is 0 Å². The Hall–Kier alpha value is -3.26. The molecular weight excluding hydrogens is 400 g/mol. The monoisotopic (exact) mass is 424 g/mol. The van der Waals surface area contributed by atoms with E-state index >= 15 is 0 Å². The molecule has 1 heterocycles. The second-order valence-electron chi connectivity index (χ2n) is 6.80. The lowest BCUT2D eigenvalue weighted by Crippen LogP contribution is -2.47. The number of nitrogens with zero attached hydrogens (tertiary/aromatic N) is 2. The predicted octanol–water partition coefficient (Wildman–Crippen LogP) is 4.00. The number of ether oxygens (including phenoxy) is 1. The van der Waals surface area contributed by atoms with Gasteiger partial charge in [0, 0.05) is 5.56 Å². The third kappa shape index (κ3) is 5.01. The summed E-state index contributed by atoms with van der Waals surface area (Å²) in [6.07, 6.45) is 0.718. The summed E-state index contributed by atoms with van der Waals surface area (Å²) in [5, 5.41) is 14.9. The van der Waals surface area contributed by atoms with Gasteiger partial charge in [-0.3, -0.25) is 14.9 Å². The van der Waals surface area contributed by atoms with Crippen molar-refractivity contribution >= 4 is 28.3 Å². The molecule has 3 rings (SSSR count). The normalized spacial score (nSPS) is 12.6. The number of amides is 2. The van der Waals surface area contributed by atoms with Gasteiger partial charge in [-0.05, 0) is 18.1 Å². The zero-order valence-electron chi connectivity index (χ0n) is 17.1. The number of methoxy groups -OCH3 is 1. The molecule has 156 valence electrons. The van der Waals surface area contributed by atoms with Crippen molar-refractivity contribution in [1.29, 1.82) is 0 Å². The van der Waals surface area contributed by atoms with Crippen LogP contribution in [0, 0.1) is 5.92 Å². The summed E-state index contributed by atoms with van der Waals surface area (Å²) in [7, 11) is 1.50. The molecule has 2 unspecified atom stereocenters. The fourth-order valence-corrected chi connectivity index (χ4v) is 3.66. The molecule has 0 saturated heterocycles. The van der Waals surface area contributed by atoms with Crippen molar-refractivity contribution in [3.8, 4) is 16.3 Å². The molecule has 0 saturated carbocycles. The molecule has 30 heavy (non-hydrogen) atoms. The number of carbonyl (C=O) groups excluding carboxylic acids is 2. The summed E-state index contributed by atoms with van der Waals surface area (Å²) in [6, 6.07) is 15.8. The zero-order chi connectivity index (χ0) is 21.5. The quantitative estimate of drug-likeness (QED) is 0.570. The van der Waals surface area contributed by atoms with E-state index in [2.05, 4.69) is 20.8 Å². The van der Waals surface area contributed by atoms with E-state index in [9.17, 15) is 9.59 Å². The summed E-state index contributed by atoms with van der Waals surface area (Å²) in [4.78, 5) is 25.8. The first-order chi connectivity index (χ1) is 14.5. The van der Waals surface area contributed by atoms with Gasteiger partial charge in [0.05, 0.1) is 12.7 Å².